The van der Waals surface area contributed by atoms with Crippen molar-refractivity contribution in [1.82, 2.24) is 14.7 Å². The number of nitrogens with zero attached hydrogens (tertiary/aromatic N) is 3. The van der Waals surface area contributed by atoms with Crippen molar-refractivity contribution in [3.05, 3.63) is 57.4 Å². The molecule has 1 aromatic heterocycles. The average Bonchev–Trinajstić information content (AvgIpc) is 3.55. The summed E-state index contributed by atoms with van der Waals surface area (Å²) >= 11 is 6.43. The molecule has 0 bridgehead atoms. The van der Waals surface area contributed by atoms with E-state index < -0.39 is 41.5 Å². The third-order valence-corrected chi connectivity index (χ3v) is 9.67. The normalized spacial score (nSPS) is 25.1. The Labute approximate surface area is 244 Å². The molecule has 1 amide bonds. The number of fused-ring (bicyclic) bond motifs is 1. The molecule has 2 fully saturated rings. The predicted octanol–water partition coefficient (Wildman–Crippen LogP) is 5.76. The van der Waals surface area contributed by atoms with Gasteiger partial charge in [0.1, 0.15) is 6.17 Å². The number of carbonyl (C=O) groups excluding carboxylic acids is 2. The number of aromatic nitrogens is 2. The first-order valence-electron chi connectivity index (χ1n) is 14.3. The number of likely N-dealkylation sites (tertiary alicyclic amines) is 1. The lowest BCUT2D eigenvalue weighted by Gasteiger charge is -2.27. The molecule has 1 aromatic carbocycles. The zero-order chi connectivity index (χ0) is 30.0. The summed E-state index contributed by atoms with van der Waals surface area (Å²) < 4.78 is 57.5. The Morgan fingerprint density at radius 3 is 2.40 bits per heavy atom. The second-order valence-corrected chi connectivity index (χ2v) is 12.3. The van der Waals surface area contributed by atoms with Crippen molar-refractivity contribution in [3.63, 3.8) is 0 Å². The molecule has 1 saturated carbocycles. The van der Waals surface area contributed by atoms with Crippen molar-refractivity contribution in [2.75, 3.05) is 13.1 Å². The fourth-order valence-corrected chi connectivity index (χ4v) is 7.03. The molecule has 3 aliphatic carbocycles. The number of carboxylic acid groups (broad SMARTS) is 1. The Morgan fingerprint density at radius 1 is 1.07 bits per heavy atom. The minimum absolute atomic E-state index is 0.0196. The summed E-state index contributed by atoms with van der Waals surface area (Å²) in [6.07, 6.45) is -1.83. The first-order valence-corrected chi connectivity index (χ1v) is 14.7. The molecule has 6 rings (SSSR count). The van der Waals surface area contributed by atoms with Crippen LogP contribution in [-0.4, -0.2) is 63.0 Å². The molecule has 0 radical (unpaired) electrons. The Bertz CT molecular complexity index is 1500. The number of amides is 1. The Hall–Kier alpha value is -3.21. The highest BCUT2D eigenvalue weighted by molar-refractivity contribution is 6.34. The summed E-state index contributed by atoms with van der Waals surface area (Å²) in [7, 11) is 0. The Morgan fingerprint density at radius 2 is 1.81 bits per heavy atom. The smallest absolute Gasteiger partial charge is 0.398 e. The number of carbonyl (C=O) groups is 3. The second kappa shape index (κ2) is 10.5. The average molecular weight is 608 g/mol. The maximum absolute atomic E-state index is 14.2. The molecular formula is C30H30ClF4N3O4. The molecule has 224 valence electrons. The molecule has 42 heavy (non-hydrogen) atoms. The summed E-state index contributed by atoms with van der Waals surface area (Å²) in [6.45, 7) is 0.332. The SMILES string of the molecule is O=C(O)C1CC=C(c2nn(C(=O)c3c(Cl)cccc3C3(C(F)(F)F)CC3)c3c2CCC(C(=O)N2CC[C@H](F)C2)C3)CC1. The molecular weight excluding hydrogens is 578 g/mol. The van der Waals surface area contributed by atoms with E-state index in [4.69, 9.17) is 11.6 Å². The van der Waals surface area contributed by atoms with Crippen molar-refractivity contribution >= 4 is 35.0 Å². The van der Waals surface area contributed by atoms with Crippen molar-refractivity contribution in [2.24, 2.45) is 11.8 Å². The number of allylic oxidation sites excluding steroid dienone is 2. The van der Waals surface area contributed by atoms with E-state index in [2.05, 4.69) is 5.10 Å². The number of rotatable bonds is 5. The largest absolute Gasteiger partial charge is 0.481 e. The Kier molecular flexibility index (Phi) is 7.22. The predicted molar refractivity (Wildman–Crippen MR) is 145 cm³/mol. The van der Waals surface area contributed by atoms with Gasteiger partial charge in [0, 0.05) is 24.4 Å². The maximum Gasteiger partial charge on any atom is 0.398 e. The van der Waals surface area contributed by atoms with Gasteiger partial charge >= 0.3 is 12.1 Å². The van der Waals surface area contributed by atoms with Crippen molar-refractivity contribution in [1.29, 1.82) is 0 Å². The first-order chi connectivity index (χ1) is 19.9. The molecule has 1 N–H and O–H groups in total. The second-order valence-electron chi connectivity index (χ2n) is 11.9. The topological polar surface area (TPSA) is 92.5 Å². The molecule has 7 nitrogen and oxygen atoms in total. The van der Waals surface area contributed by atoms with E-state index in [0.29, 0.717) is 50.0 Å². The third-order valence-electron chi connectivity index (χ3n) is 9.36. The van der Waals surface area contributed by atoms with Crippen LogP contribution in [0.4, 0.5) is 17.6 Å². The number of hydrogen-bond donors (Lipinski definition) is 1. The van der Waals surface area contributed by atoms with E-state index >= 15 is 0 Å². The molecule has 0 spiro atoms. The zero-order valence-corrected chi connectivity index (χ0v) is 23.5. The molecule has 4 aliphatic rings. The van der Waals surface area contributed by atoms with Gasteiger partial charge in [0.05, 0.1) is 39.9 Å². The lowest BCUT2D eigenvalue weighted by atomic mass is 9.82. The zero-order valence-electron chi connectivity index (χ0n) is 22.7. The van der Waals surface area contributed by atoms with E-state index in [1.807, 2.05) is 0 Å². The maximum atomic E-state index is 14.2. The monoisotopic (exact) mass is 607 g/mol. The van der Waals surface area contributed by atoms with Crippen LogP contribution in [0.15, 0.2) is 24.3 Å². The number of halogens is 5. The van der Waals surface area contributed by atoms with Crippen LogP contribution in [0.1, 0.15) is 77.8 Å². The minimum atomic E-state index is -4.57. The fourth-order valence-electron chi connectivity index (χ4n) is 6.77. The number of carboxylic acids is 1. The van der Waals surface area contributed by atoms with Crippen LogP contribution in [0.25, 0.3) is 5.57 Å². The van der Waals surface area contributed by atoms with Gasteiger partial charge in [-0.15, -0.1) is 0 Å². The van der Waals surface area contributed by atoms with E-state index in [-0.39, 0.29) is 54.3 Å². The minimum Gasteiger partial charge on any atom is -0.481 e. The van der Waals surface area contributed by atoms with E-state index in [1.54, 1.807) is 6.08 Å². The van der Waals surface area contributed by atoms with Gasteiger partial charge in [-0.2, -0.15) is 23.0 Å². The molecule has 1 aliphatic heterocycles. The van der Waals surface area contributed by atoms with Gasteiger partial charge in [-0.1, -0.05) is 29.8 Å². The van der Waals surface area contributed by atoms with Crippen LogP contribution in [0.5, 0.6) is 0 Å². The van der Waals surface area contributed by atoms with E-state index in [9.17, 15) is 37.1 Å². The van der Waals surface area contributed by atoms with Crippen LogP contribution < -0.4 is 0 Å². The summed E-state index contributed by atoms with van der Waals surface area (Å²) in [5.74, 6) is -2.97. The van der Waals surface area contributed by atoms with E-state index in [0.717, 1.165) is 15.8 Å². The molecule has 2 heterocycles. The van der Waals surface area contributed by atoms with E-state index in [1.165, 1.54) is 23.1 Å². The van der Waals surface area contributed by atoms with Gasteiger partial charge in [-0.25, -0.2) is 4.39 Å². The van der Waals surface area contributed by atoms with Gasteiger partial charge < -0.3 is 10.0 Å². The number of hydrogen-bond acceptors (Lipinski definition) is 4. The highest BCUT2D eigenvalue weighted by atomic mass is 35.5. The van der Waals surface area contributed by atoms with Gasteiger partial charge in [-0.05, 0) is 68.6 Å². The summed E-state index contributed by atoms with van der Waals surface area (Å²) in [4.78, 5) is 40.5. The Balaban J connectivity index is 1.42. The fraction of sp³-hybridized carbons (Fsp3) is 0.533. The standard InChI is InChI=1S/C30H30ClF4N3O4/c31-22-3-1-2-21(29(11-12-29)30(33,34)35)24(22)27(40)38-23-14-18(26(39)37-13-10-19(32)15-37)8-9-20(23)25(36-38)16-4-6-17(7-5-16)28(41)42/h1-4,17-19H,5-15H2,(H,41,42)/t17?,18?,19-/m0/s1. The highest BCUT2D eigenvalue weighted by Gasteiger charge is 2.65. The van der Waals surface area contributed by atoms with Crippen LogP contribution >= 0.6 is 11.6 Å². The molecule has 2 unspecified atom stereocenters. The van der Waals surface area contributed by atoms with Crippen molar-refractivity contribution in [2.45, 2.75) is 75.6 Å². The van der Waals surface area contributed by atoms with Crippen LogP contribution in [-0.2, 0) is 27.8 Å². The summed E-state index contributed by atoms with van der Waals surface area (Å²) in [5.41, 5.74) is -0.177. The molecule has 1 saturated heterocycles. The van der Waals surface area contributed by atoms with Crippen LogP contribution in [0.3, 0.4) is 0 Å². The van der Waals surface area contributed by atoms with Gasteiger partial charge in [0.2, 0.25) is 5.91 Å². The third kappa shape index (κ3) is 4.83. The van der Waals surface area contributed by atoms with Gasteiger partial charge in [0.25, 0.3) is 5.91 Å². The van der Waals surface area contributed by atoms with Gasteiger partial charge in [-0.3, -0.25) is 14.4 Å². The molecule has 2 aromatic rings. The quantitative estimate of drug-likeness (QED) is 0.436. The van der Waals surface area contributed by atoms with Crippen LogP contribution in [0.2, 0.25) is 5.02 Å². The lowest BCUT2D eigenvalue weighted by Crippen LogP contribution is -2.38. The number of benzene rings is 1. The van der Waals surface area contributed by atoms with Crippen LogP contribution in [0, 0.1) is 11.8 Å². The number of alkyl halides is 4. The van der Waals surface area contributed by atoms with Crippen molar-refractivity contribution < 1.29 is 37.1 Å². The van der Waals surface area contributed by atoms with Gasteiger partial charge in [0.15, 0.2) is 0 Å². The van der Waals surface area contributed by atoms with Crippen molar-refractivity contribution in [3.8, 4) is 0 Å². The summed E-state index contributed by atoms with van der Waals surface area (Å²) in [6, 6.07) is 4.07. The number of aliphatic carboxylic acids is 1. The first kappa shape index (κ1) is 28.9. The molecule has 12 heteroatoms. The molecule has 3 atom stereocenters. The lowest BCUT2D eigenvalue weighted by molar-refractivity contribution is -0.160. The highest BCUT2D eigenvalue weighted by Crippen LogP contribution is 2.60. The summed E-state index contributed by atoms with van der Waals surface area (Å²) in [5, 5.41) is 13.9.